The zero-order valence-corrected chi connectivity index (χ0v) is 14.3. The molecule has 5 heteroatoms. The highest BCUT2D eigenvalue weighted by atomic mass is 16.2. The molecule has 1 aromatic carbocycles. The van der Waals surface area contributed by atoms with Crippen LogP contribution in [0.3, 0.4) is 0 Å². The Hall–Kier alpha value is -2.17. The summed E-state index contributed by atoms with van der Waals surface area (Å²) in [7, 11) is 0. The molecule has 1 atom stereocenters. The van der Waals surface area contributed by atoms with Crippen LogP contribution in [0, 0.1) is 12.8 Å². The summed E-state index contributed by atoms with van der Waals surface area (Å²) in [5.41, 5.74) is 0.742. The first-order valence-corrected chi connectivity index (χ1v) is 8.14. The second-order valence-corrected chi connectivity index (χ2v) is 7.33. The third-order valence-corrected chi connectivity index (χ3v) is 4.21. The van der Waals surface area contributed by atoms with E-state index in [1.165, 1.54) is 0 Å². The number of hydrogen-bond donors (Lipinski definition) is 1. The maximum Gasteiger partial charge on any atom is 0.225 e. The number of nitrogens with zero attached hydrogens (tertiary/aromatic N) is 3. The van der Waals surface area contributed by atoms with E-state index in [0.717, 1.165) is 35.2 Å². The van der Waals surface area contributed by atoms with Crippen LogP contribution in [-0.2, 0) is 4.79 Å². The van der Waals surface area contributed by atoms with Crippen LogP contribution >= 0.6 is 0 Å². The first-order chi connectivity index (χ1) is 10.8. The first kappa shape index (κ1) is 15.7. The van der Waals surface area contributed by atoms with Crippen molar-refractivity contribution < 1.29 is 4.79 Å². The molecule has 3 rings (SSSR count). The molecule has 0 bridgehead atoms. The zero-order chi connectivity index (χ0) is 16.6. The number of anilines is 1. The molecule has 1 aliphatic heterocycles. The summed E-state index contributed by atoms with van der Waals surface area (Å²) in [4.78, 5) is 14.6. The second kappa shape index (κ2) is 5.80. The van der Waals surface area contributed by atoms with E-state index in [1.54, 1.807) is 0 Å². The second-order valence-electron chi connectivity index (χ2n) is 7.33. The summed E-state index contributed by atoms with van der Waals surface area (Å²) in [5.74, 6) is 1.03. The number of nitrogens with one attached hydrogen (secondary N) is 1. The van der Waals surface area contributed by atoms with Gasteiger partial charge in [0, 0.05) is 29.4 Å². The lowest BCUT2D eigenvalue weighted by molar-refractivity contribution is -0.125. The standard InChI is InChI=1S/C18H24N4O/c1-12-14-7-5-6-8-15(14)16(21-20-12)22-10-9-13(11-22)17(23)19-18(2,3)4/h5-8,13H,9-11H2,1-4H3,(H,19,23). The van der Waals surface area contributed by atoms with Gasteiger partial charge in [-0.3, -0.25) is 4.79 Å². The number of aromatic nitrogens is 2. The van der Waals surface area contributed by atoms with Gasteiger partial charge in [0.2, 0.25) is 5.91 Å². The van der Waals surface area contributed by atoms with E-state index < -0.39 is 0 Å². The Bertz CT molecular complexity index is 735. The average molecular weight is 312 g/mol. The molecule has 0 radical (unpaired) electrons. The van der Waals surface area contributed by atoms with E-state index in [9.17, 15) is 4.79 Å². The van der Waals surface area contributed by atoms with Crippen molar-refractivity contribution in [3.8, 4) is 0 Å². The monoisotopic (exact) mass is 312 g/mol. The molecule has 0 spiro atoms. The summed E-state index contributed by atoms with van der Waals surface area (Å²) in [6.07, 6.45) is 0.853. The maximum atomic E-state index is 12.4. The highest BCUT2D eigenvalue weighted by Crippen LogP contribution is 2.29. The van der Waals surface area contributed by atoms with Gasteiger partial charge in [0.05, 0.1) is 11.6 Å². The first-order valence-electron chi connectivity index (χ1n) is 8.14. The molecule has 1 amide bonds. The Morgan fingerprint density at radius 2 is 1.91 bits per heavy atom. The molecule has 1 aliphatic rings. The minimum absolute atomic E-state index is 0.0103. The fourth-order valence-electron chi connectivity index (χ4n) is 3.10. The third-order valence-electron chi connectivity index (χ3n) is 4.21. The fraction of sp³-hybridized carbons (Fsp3) is 0.500. The van der Waals surface area contributed by atoms with Crippen LogP contribution in [0.4, 0.5) is 5.82 Å². The molecule has 122 valence electrons. The van der Waals surface area contributed by atoms with E-state index in [1.807, 2.05) is 39.8 Å². The van der Waals surface area contributed by atoms with Crippen LogP contribution in [0.15, 0.2) is 24.3 Å². The predicted molar refractivity (Wildman–Crippen MR) is 92.5 cm³/mol. The van der Waals surface area contributed by atoms with Crippen LogP contribution in [0.5, 0.6) is 0 Å². The molecule has 1 N–H and O–H groups in total. The molecule has 2 heterocycles. The van der Waals surface area contributed by atoms with Crippen LogP contribution in [-0.4, -0.2) is 34.7 Å². The minimum Gasteiger partial charge on any atom is -0.354 e. The van der Waals surface area contributed by atoms with Gasteiger partial charge in [0.25, 0.3) is 0 Å². The molecule has 1 fully saturated rings. The van der Waals surface area contributed by atoms with E-state index in [2.05, 4.69) is 32.5 Å². The average Bonchev–Trinajstić information content (AvgIpc) is 2.96. The van der Waals surface area contributed by atoms with Crippen LogP contribution in [0.25, 0.3) is 10.8 Å². The van der Waals surface area contributed by atoms with Gasteiger partial charge >= 0.3 is 0 Å². The fourth-order valence-corrected chi connectivity index (χ4v) is 3.10. The quantitative estimate of drug-likeness (QED) is 0.926. The van der Waals surface area contributed by atoms with E-state index >= 15 is 0 Å². The number of hydrogen-bond acceptors (Lipinski definition) is 4. The maximum absolute atomic E-state index is 12.4. The number of amides is 1. The molecule has 1 saturated heterocycles. The van der Waals surface area contributed by atoms with Crippen LogP contribution < -0.4 is 10.2 Å². The van der Waals surface area contributed by atoms with Gasteiger partial charge in [0.15, 0.2) is 5.82 Å². The molecule has 1 unspecified atom stereocenters. The number of rotatable bonds is 2. The lowest BCUT2D eigenvalue weighted by atomic mass is 10.0. The molecule has 2 aromatic rings. The van der Waals surface area contributed by atoms with Gasteiger partial charge in [-0.15, -0.1) is 5.10 Å². The minimum atomic E-state index is -0.194. The van der Waals surface area contributed by atoms with Gasteiger partial charge in [-0.05, 0) is 34.1 Å². The van der Waals surface area contributed by atoms with Crippen molar-refractivity contribution in [2.24, 2.45) is 5.92 Å². The summed E-state index contributed by atoms with van der Waals surface area (Å²) < 4.78 is 0. The number of aryl methyl sites for hydroxylation is 1. The molecule has 5 nitrogen and oxygen atoms in total. The lowest BCUT2D eigenvalue weighted by Gasteiger charge is -2.23. The van der Waals surface area contributed by atoms with E-state index in [0.29, 0.717) is 6.54 Å². The normalized spacial score (nSPS) is 18.4. The van der Waals surface area contributed by atoms with Crippen LogP contribution in [0.2, 0.25) is 0 Å². The Morgan fingerprint density at radius 3 is 2.61 bits per heavy atom. The molecule has 1 aromatic heterocycles. The van der Waals surface area contributed by atoms with Gasteiger partial charge in [-0.2, -0.15) is 5.10 Å². The Balaban J connectivity index is 1.83. The van der Waals surface area contributed by atoms with Crippen molar-refractivity contribution in [3.63, 3.8) is 0 Å². The van der Waals surface area contributed by atoms with Crippen molar-refractivity contribution in [2.75, 3.05) is 18.0 Å². The van der Waals surface area contributed by atoms with E-state index in [4.69, 9.17) is 0 Å². The van der Waals surface area contributed by atoms with Gasteiger partial charge < -0.3 is 10.2 Å². The Morgan fingerprint density at radius 1 is 1.22 bits per heavy atom. The lowest BCUT2D eigenvalue weighted by Crippen LogP contribution is -2.44. The van der Waals surface area contributed by atoms with Crippen molar-refractivity contribution in [1.82, 2.24) is 15.5 Å². The third kappa shape index (κ3) is 3.28. The largest absolute Gasteiger partial charge is 0.354 e. The van der Waals surface area contributed by atoms with Crippen LogP contribution in [0.1, 0.15) is 32.9 Å². The Kier molecular flexibility index (Phi) is 3.96. The van der Waals surface area contributed by atoms with Crippen molar-refractivity contribution in [2.45, 2.75) is 39.7 Å². The summed E-state index contributed by atoms with van der Waals surface area (Å²) in [5, 5.41) is 14.0. The van der Waals surface area contributed by atoms with Crippen molar-refractivity contribution >= 4 is 22.5 Å². The molecule has 0 aliphatic carbocycles. The smallest absolute Gasteiger partial charge is 0.225 e. The summed E-state index contributed by atoms with van der Waals surface area (Å²) >= 11 is 0. The predicted octanol–water partition coefficient (Wildman–Crippen LogP) is 2.68. The number of carbonyl (C=O) groups is 1. The molecule has 23 heavy (non-hydrogen) atoms. The molecular weight excluding hydrogens is 288 g/mol. The highest BCUT2D eigenvalue weighted by Gasteiger charge is 2.31. The summed E-state index contributed by atoms with van der Waals surface area (Å²) in [6.45, 7) is 9.54. The van der Waals surface area contributed by atoms with Gasteiger partial charge in [0.1, 0.15) is 0 Å². The number of carbonyl (C=O) groups excluding carboxylic acids is 1. The van der Waals surface area contributed by atoms with Gasteiger partial charge in [-0.25, -0.2) is 0 Å². The van der Waals surface area contributed by atoms with Gasteiger partial charge in [-0.1, -0.05) is 24.3 Å². The number of benzene rings is 1. The Labute approximate surface area is 137 Å². The zero-order valence-electron chi connectivity index (χ0n) is 14.3. The van der Waals surface area contributed by atoms with Crippen molar-refractivity contribution in [1.29, 1.82) is 0 Å². The van der Waals surface area contributed by atoms with Crippen molar-refractivity contribution in [3.05, 3.63) is 30.0 Å². The number of fused-ring (bicyclic) bond motifs is 1. The SMILES string of the molecule is Cc1nnc(N2CCC(C(=O)NC(C)(C)C)C2)c2ccccc12. The highest BCUT2D eigenvalue weighted by molar-refractivity contribution is 5.93. The molecular formula is C18H24N4O. The summed E-state index contributed by atoms with van der Waals surface area (Å²) in [6, 6.07) is 8.19. The van der Waals surface area contributed by atoms with E-state index in [-0.39, 0.29) is 17.4 Å². The topological polar surface area (TPSA) is 58.1 Å². The molecule has 0 saturated carbocycles.